The fraction of sp³-hybridized carbons (Fsp3) is 0.174. The molecule has 4 aromatic rings. The minimum absolute atomic E-state index is 0.211. The molecule has 0 saturated carbocycles. The number of imidazole rings is 1. The van der Waals surface area contributed by atoms with Gasteiger partial charge in [-0.05, 0) is 46.1 Å². The lowest BCUT2D eigenvalue weighted by atomic mass is 9.84. The predicted molar refractivity (Wildman–Crippen MR) is 118 cm³/mol. The second-order valence-corrected chi connectivity index (χ2v) is 8.49. The van der Waals surface area contributed by atoms with Gasteiger partial charge in [0.25, 0.3) is 0 Å². The van der Waals surface area contributed by atoms with Gasteiger partial charge in [0.1, 0.15) is 16.1 Å². The van der Waals surface area contributed by atoms with Crippen molar-refractivity contribution in [1.29, 1.82) is 0 Å². The van der Waals surface area contributed by atoms with Gasteiger partial charge in [-0.2, -0.15) is 5.10 Å². The Hall–Kier alpha value is -3.26. The topological polar surface area (TPSA) is 72.9 Å². The summed E-state index contributed by atoms with van der Waals surface area (Å²) in [6.07, 6.45) is 2.76. The summed E-state index contributed by atoms with van der Waals surface area (Å²) < 4.78 is 18.0. The SMILES string of the molecule is Cc1ccc(C(c2ccc(F)cc2)[C@H]2Cn3c(Br)cnc3-c3c(O)c(=O)cnn32)cc1. The highest BCUT2D eigenvalue weighted by atomic mass is 79.9. The molecule has 0 bridgehead atoms. The van der Waals surface area contributed by atoms with Crippen LogP contribution in [0.1, 0.15) is 28.7 Å². The van der Waals surface area contributed by atoms with Crippen molar-refractivity contribution >= 4 is 15.9 Å². The van der Waals surface area contributed by atoms with Crippen LogP contribution in [0.3, 0.4) is 0 Å². The average Bonchev–Trinajstić information content (AvgIpc) is 3.14. The lowest BCUT2D eigenvalue weighted by molar-refractivity contribution is 0.329. The summed E-state index contributed by atoms with van der Waals surface area (Å²) in [5.74, 6) is -0.445. The highest BCUT2D eigenvalue weighted by Crippen LogP contribution is 2.43. The number of benzene rings is 2. The van der Waals surface area contributed by atoms with Gasteiger partial charge in [0.05, 0.1) is 18.4 Å². The molecule has 31 heavy (non-hydrogen) atoms. The van der Waals surface area contributed by atoms with Crippen LogP contribution in [-0.4, -0.2) is 24.4 Å². The summed E-state index contributed by atoms with van der Waals surface area (Å²) in [5, 5.41) is 15.0. The number of halogens is 2. The quantitative estimate of drug-likeness (QED) is 0.471. The fourth-order valence-electron chi connectivity index (χ4n) is 4.23. The largest absolute Gasteiger partial charge is 0.503 e. The molecule has 3 heterocycles. The van der Waals surface area contributed by atoms with Crippen LogP contribution in [0.5, 0.6) is 5.75 Å². The van der Waals surface area contributed by atoms with Gasteiger partial charge >= 0.3 is 0 Å². The monoisotopic (exact) mass is 480 g/mol. The Morgan fingerprint density at radius 1 is 1.10 bits per heavy atom. The predicted octanol–water partition coefficient (Wildman–Crippen LogP) is 4.41. The lowest BCUT2D eigenvalue weighted by Gasteiger charge is -2.35. The summed E-state index contributed by atoms with van der Waals surface area (Å²) in [7, 11) is 0. The molecule has 0 radical (unpaired) electrons. The third kappa shape index (κ3) is 3.27. The molecule has 0 aliphatic carbocycles. The number of hydrogen-bond donors (Lipinski definition) is 1. The zero-order valence-electron chi connectivity index (χ0n) is 16.5. The summed E-state index contributed by atoms with van der Waals surface area (Å²) in [5.41, 5.74) is 2.76. The Morgan fingerprint density at radius 2 is 1.74 bits per heavy atom. The first kappa shape index (κ1) is 19.7. The smallest absolute Gasteiger partial charge is 0.242 e. The molecule has 2 aromatic carbocycles. The Bertz CT molecular complexity index is 1280. The number of aromatic hydroxyl groups is 1. The average molecular weight is 481 g/mol. The molecule has 0 amide bonds. The van der Waals surface area contributed by atoms with E-state index >= 15 is 0 Å². The summed E-state index contributed by atoms with van der Waals surface area (Å²) in [4.78, 5) is 16.6. The number of nitrogens with zero attached hydrogens (tertiary/aromatic N) is 4. The first-order valence-corrected chi connectivity index (χ1v) is 10.6. The number of fused-ring (bicyclic) bond motifs is 3. The van der Waals surface area contributed by atoms with Gasteiger partial charge < -0.3 is 9.67 Å². The van der Waals surface area contributed by atoms with E-state index in [4.69, 9.17) is 0 Å². The van der Waals surface area contributed by atoms with Gasteiger partial charge in [-0.15, -0.1) is 0 Å². The van der Waals surface area contributed by atoms with E-state index in [1.807, 2.05) is 35.8 Å². The van der Waals surface area contributed by atoms with Crippen LogP contribution in [0, 0.1) is 12.7 Å². The maximum Gasteiger partial charge on any atom is 0.242 e. The maximum atomic E-state index is 13.7. The minimum Gasteiger partial charge on any atom is -0.503 e. The van der Waals surface area contributed by atoms with Gasteiger partial charge in [-0.1, -0.05) is 42.0 Å². The van der Waals surface area contributed by atoms with Crippen molar-refractivity contribution in [1.82, 2.24) is 19.3 Å². The lowest BCUT2D eigenvalue weighted by Crippen LogP contribution is -2.32. The molecule has 1 unspecified atom stereocenters. The normalized spacial score (nSPS) is 15.9. The number of rotatable bonds is 3. The van der Waals surface area contributed by atoms with Gasteiger partial charge in [-0.3, -0.25) is 9.48 Å². The Kier molecular flexibility index (Phi) is 4.74. The molecular weight excluding hydrogens is 463 g/mol. The van der Waals surface area contributed by atoms with Crippen LogP contribution in [-0.2, 0) is 6.54 Å². The van der Waals surface area contributed by atoms with Crippen molar-refractivity contribution in [2.75, 3.05) is 0 Å². The second kappa shape index (κ2) is 7.46. The van der Waals surface area contributed by atoms with Crippen molar-refractivity contribution in [3.63, 3.8) is 0 Å². The zero-order valence-corrected chi connectivity index (χ0v) is 18.1. The van der Waals surface area contributed by atoms with E-state index in [1.54, 1.807) is 23.0 Å². The molecule has 0 fully saturated rings. The van der Waals surface area contributed by atoms with E-state index < -0.39 is 5.43 Å². The summed E-state index contributed by atoms with van der Waals surface area (Å²) >= 11 is 3.52. The van der Waals surface area contributed by atoms with Crippen molar-refractivity contribution in [3.05, 3.63) is 98.3 Å². The van der Waals surface area contributed by atoms with Crippen LogP contribution in [0.25, 0.3) is 11.5 Å². The Labute approximate surface area is 185 Å². The number of hydrogen-bond acceptors (Lipinski definition) is 4. The van der Waals surface area contributed by atoms with E-state index in [2.05, 4.69) is 26.0 Å². The van der Waals surface area contributed by atoms with E-state index in [-0.39, 0.29) is 29.2 Å². The molecule has 2 aromatic heterocycles. The van der Waals surface area contributed by atoms with Crippen LogP contribution in [0.2, 0.25) is 0 Å². The first-order chi connectivity index (χ1) is 14.9. The Balaban J connectivity index is 1.76. The molecule has 2 atom stereocenters. The molecule has 6 nitrogen and oxygen atoms in total. The molecule has 156 valence electrons. The molecule has 5 rings (SSSR count). The molecule has 0 saturated heterocycles. The Morgan fingerprint density at radius 3 is 2.42 bits per heavy atom. The van der Waals surface area contributed by atoms with E-state index in [0.29, 0.717) is 12.4 Å². The highest BCUT2D eigenvalue weighted by molar-refractivity contribution is 9.10. The van der Waals surface area contributed by atoms with Crippen LogP contribution in [0.4, 0.5) is 4.39 Å². The molecule has 1 aliphatic heterocycles. The van der Waals surface area contributed by atoms with Crippen LogP contribution >= 0.6 is 15.9 Å². The van der Waals surface area contributed by atoms with Gasteiger partial charge in [-0.25, -0.2) is 9.37 Å². The van der Waals surface area contributed by atoms with Gasteiger partial charge in [0.15, 0.2) is 11.6 Å². The molecule has 1 aliphatic rings. The third-order valence-electron chi connectivity index (χ3n) is 5.74. The molecular formula is C23H18BrFN4O2. The van der Waals surface area contributed by atoms with E-state index in [0.717, 1.165) is 27.5 Å². The minimum atomic E-state index is -0.564. The summed E-state index contributed by atoms with van der Waals surface area (Å²) in [6, 6.07) is 14.3. The van der Waals surface area contributed by atoms with E-state index in [1.165, 1.54) is 12.1 Å². The standard InChI is InChI=1S/C23H18BrFN4O2/c1-13-2-4-14(5-3-13)20(15-6-8-16(25)9-7-15)17-12-28-19(24)11-26-23(28)21-22(31)18(30)10-27-29(17)21/h2-11,17,20,31H,12H2,1H3/t17-,20?/m1/s1. The van der Waals surface area contributed by atoms with Crippen molar-refractivity contribution in [2.45, 2.75) is 25.4 Å². The van der Waals surface area contributed by atoms with Crippen LogP contribution in [0.15, 0.2) is 70.3 Å². The van der Waals surface area contributed by atoms with E-state index in [9.17, 15) is 14.3 Å². The third-order valence-corrected chi connectivity index (χ3v) is 6.37. The zero-order chi connectivity index (χ0) is 21.7. The molecule has 1 N–H and O–H groups in total. The number of aromatic nitrogens is 4. The van der Waals surface area contributed by atoms with Crippen molar-refractivity contribution in [2.24, 2.45) is 0 Å². The second-order valence-electron chi connectivity index (χ2n) is 7.67. The number of aryl methyl sites for hydroxylation is 1. The van der Waals surface area contributed by atoms with Crippen LogP contribution < -0.4 is 5.43 Å². The highest BCUT2D eigenvalue weighted by Gasteiger charge is 2.36. The van der Waals surface area contributed by atoms with Gasteiger partial charge in [0, 0.05) is 12.5 Å². The molecule has 0 spiro atoms. The first-order valence-electron chi connectivity index (χ1n) is 9.78. The molecule has 8 heteroatoms. The summed E-state index contributed by atoms with van der Waals surface area (Å²) in [6.45, 7) is 2.51. The van der Waals surface area contributed by atoms with Crippen molar-refractivity contribution < 1.29 is 9.50 Å². The maximum absolute atomic E-state index is 13.7. The van der Waals surface area contributed by atoms with Gasteiger partial charge in [0.2, 0.25) is 5.43 Å². The fourth-order valence-corrected chi connectivity index (χ4v) is 4.64. The van der Waals surface area contributed by atoms with Crippen molar-refractivity contribution in [3.8, 4) is 17.3 Å².